The van der Waals surface area contributed by atoms with E-state index in [0.717, 1.165) is 33.8 Å². The molecule has 2 heterocycles. The number of hydrogen-bond acceptors (Lipinski definition) is 5. The Bertz CT molecular complexity index is 735. The summed E-state index contributed by atoms with van der Waals surface area (Å²) in [5.41, 5.74) is 3.60. The molecule has 0 aliphatic carbocycles. The maximum absolute atomic E-state index is 5.93. The quantitative estimate of drug-likeness (QED) is 0.848. The van der Waals surface area contributed by atoms with Gasteiger partial charge >= 0.3 is 0 Å². The van der Waals surface area contributed by atoms with Gasteiger partial charge in [0.25, 0.3) is 0 Å². The van der Waals surface area contributed by atoms with Crippen molar-refractivity contribution in [1.82, 2.24) is 0 Å². The van der Waals surface area contributed by atoms with E-state index in [1.165, 1.54) is 0 Å². The minimum absolute atomic E-state index is 0.492. The molecule has 0 fully saturated rings. The minimum Gasteiger partial charge on any atom is -0.497 e. The molecule has 2 aliphatic heterocycles. The maximum atomic E-state index is 5.93. The molecule has 2 bridgehead atoms. The molecule has 0 saturated heterocycles. The highest BCUT2D eigenvalue weighted by Gasteiger charge is 2.34. The van der Waals surface area contributed by atoms with Crippen LogP contribution in [0.4, 0.5) is 0 Å². The molecule has 0 unspecified atom stereocenters. The third kappa shape index (κ3) is 2.94. The van der Waals surface area contributed by atoms with Crippen LogP contribution in [-0.4, -0.2) is 26.8 Å². The molecule has 2 aromatic carbocycles. The second-order valence-corrected chi connectivity index (χ2v) is 5.68. The predicted octanol–water partition coefficient (Wildman–Crippen LogP) is 3.82. The molecule has 128 valence electrons. The smallest absolute Gasteiger partial charge is 0.233 e. The molecule has 5 nitrogen and oxygen atoms in total. The zero-order valence-corrected chi connectivity index (χ0v) is 14.0. The summed E-state index contributed by atoms with van der Waals surface area (Å²) in [6.45, 7) is 0. The van der Waals surface area contributed by atoms with Crippen LogP contribution in [0, 0.1) is 0 Å². The van der Waals surface area contributed by atoms with Crippen molar-refractivity contribution in [2.45, 2.75) is 12.6 Å². The number of benzene rings is 2. The molecule has 2 atom stereocenters. The third-order valence-corrected chi connectivity index (χ3v) is 4.24. The SMILES string of the molecule is COc1ccc(C2=CO[C@@H]3O[C@H]2OC=C3c2ccc(OC)cc2)cc1. The van der Waals surface area contributed by atoms with Crippen molar-refractivity contribution in [2.24, 2.45) is 0 Å². The van der Waals surface area contributed by atoms with Crippen LogP contribution in [0.1, 0.15) is 11.1 Å². The van der Waals surface area contributed by atoms with Crippen molar-refractivity contribution >= 4 is 11.1 Å². The molecular weight excluding hydrogens is 320 g/mol. The fourth-order valence-electron chi connectivity index (χ4n) is 2.83. The van der Waals surface area contributed by atoms with E-state index < -0.39 is 12.6 Å². The van der Waals surface area contributed by atoms with Crippen LogP contribution in [0.5, 0.6) is 11.5 Å². The average molecular weight is 338 g/mol. The fraction of sp³-hybridized carbons (Fsp3) is 0.200. The van der Waals surface area contributed by atoms with Crippen LogP contribution >= 0.6 is 0 Å². The molecule has 0 amide bonds. The molecule has 0 spiro atoms. The maximum Gasteiger partial charge on any atom is 0.233 e. The summed E-state index contributed by atoms with van der Waals surface area (Å²) in [5, 5.41) is 0. The topological polar surface area (TPSA) is 46.2 Å². The minimum atomic E-state index is -0.492. The molecule has 4 rings (SSSR count). The van der Waals surface area contributed by atoms with Crippen LogP contribution in [0.3, 0.4) is 0 Å². The van der Waals surface area contributed by atoms with E-state index in [0.29, 0.717) is 0 Å². The molecule has 5 heteroatoms. The highest BCUT2D eigenvalue weighted by atomic mass is 16.8. The van der Waals surface area contributed by atoms with E-state index in [-0.39, 0.29) is 0 Å². The lowest BCUT2D eigenvalue weighted by molar-refractivity contribution is -0.187. The fourth-order valence-corrected chi connectivity index (χ4v) is 2.83. The normalized spacial score (nSPS) is 21.4. The van der Waals surface area contributed by atoms with Crippen molar-refractivity contribution in [3.8, 4) is 11.5 Å². The summed E-state index contributed by atoms with van der Waals surface area (Å²) in [6, 6.07) is 15.4. The van der Waals surface area contributed by atoms with Crippen molar-refractivity contribution < 1.29 is 23.7 Å². The van der Waals surface area contributed by atoms with E-state index in [1.54, 1.807) is 26.7 Å². The average Bonchev–Trinajstić information content (AvgIpc) is 2.69. The summed E-state index contributed by atoms with van der Waals surface area (Å²) in [5.74, 6) is 1.59. The second-order valence-electron chi connectivity index (χ2n) is 5.68. The Hall–Kier alpha value is -2.92. The van der Waals surface area contributed by atoms with Crippen LogP contribution < -0.4 is 9.47 Å². The van der Waals surface area contributed by atoms with Gasteiger partial charge in [0.05, 0.1) is 37.9 Å². The summed E-state index contributed by atoms with van der Waals surface area (Å²) >= 11 is 0. The monoisotopic (exact) mass is 338 g/mol. The van der Waals surface area contributed by atoms with Gasteiger partial charge in [-0.1, -0.05) is 24.3 Å². The first-order valence-electron chi connectivity index (χ1n) is 7.94. The van der Waals surface area contributed by atoms with E-state index in [4.69, 9.17) is 23.7 Å². The highest BCUT2D eigenvalue weighted by molar-refractivity contribution is 5.73. The second kappa shape index (κ2) is 6.53. The third-order valence-electron chi connectivity index (χ3n) is 4.24. The van der Waals surface area contributed by atoms with Gasteiger partial charge in [-0.3, -0.25) is 4.74 Å². The Kier molecular flexibility index (Phi) is 4.07. The number of hydrogen-bond donors (Lipinski definition) is 0. The molecule has 0 aromatic heterocycles. The Morgan fingerprint density at radius 3 is 1.40 bits per heavy atom. The van der Waals surface area contributed by atoms with Gasteiger partial charge < -0.3 is 18.9 Å². The van der Waals surface area contributed by atoms with Crippen LogP contribution in [-0.2, 0) is 14.2 Å². The van der Waals surface area contributed by atoms with Gasteiger partial charge in [-0.25, -0.2) is 0 Å². The van der Waals surface area contributed by atoms with Crippen molar-refractivity contribution in [1.29, 1.82) is 0 Å². The molecule has 2 aliphatic rings. The van der Waals surface area contributed by atoms with E-state index in [9.17, 15) is 0 Å². The zero-order valence-electron chi connectivity index (χ0n) is 14.0. The Balaban J connectivity index is 1.55. The summed E-state index contributed by atoms with van der Waals surface area (Å²) in [4.78, 5) is 0. The van der Waals surface area contributed by atoms with Crippen molar-refractivity contribution in [3.05, 3.63) is 72.2 Å². The number of ether oxygens (including phenoxy) is 5. The molecule has 2 aromatic rings. The van der Waals surface area contributed by atoms with E-state index in [2.05, 4.69) is 0 Å². The molecule has 0 saturated carbocycles. The van der Waals surface area contributed by atoms with Crippen molar-refractivity contribution in [2.75, 3.05) is 14.2 Å². The Morgan fingerprint density at radius 1 is 0.640 bits per heavy atom. The summed E-state index contributed by atoms with van der Waals surface area (Å²) in [6.07, 6.45) is 2.43. The Labute approximate surface area is 146 Å². The molecule has 0 N–H and O–H groups in total. The lowest BCUT2D eigenvalue weighted by Crippen LogP contribution is -2.34. The first kappa shape index (κ1) is 15.6. The highest BCUT2D eigenvalue weighted by Crippen LogP contribution is 2.37. The number of fused-ring (bicyclic) bond motifs is 2. The van der Waals surface area contributed by atoms with E-state index >= 15 is 0 Å². The van der Waals surface area contributed by atoms with Crippen LogP contribution in [0.15, 0.2) is 61.1 Å². The van der Waals surface area contributed by atoms with Gasteiger partial charge in [-0.05, 0) is 35.4 Å². The van der Waals surface area contributed by atoms with Gasteiger partial charge in [0, 0.05) is 0 Å². The lowest BCUT2D eigenvalue weighted by atomic mass is 10.0. The van der Waals surface area contributed by atoms with Gasteiger partial charge in [-0.2, -0.15) is 0 Å². The first-order chi connectivity index (χ1) is 12.3. The first-order valence-corrected chi connectivity index (χ1v) is 7.94. The van der Waals surface area contributed by atoms with Gasteiger partial charge in [0.1, 0.15) is 11.5 Å². The number of rotatable bonds is 4. The van der Waals surface area contributed by atoms with Crippen molar-refractivity contribution in [3.63, 3.8) is 0 Å². The van der Waals surface area contributed by atoms with Gasteiger partial charge in [0.15, 0.2) is 0 Å². The largest absolute Gasteiger partial charge is 0.497 e. The molecular formula is C20H18O5. The van der Waals surface area contributed by atoms with E-state index in [1.807, 2.05) is 48.5 Å². The molecule has 25 heavy (non-hydrogen) atoms. The van der Waals surface area contributed by atoms with Gasteiger partial charge in [0.2, 0.25) is 12.6 Å². The summed E-state index contributed by atoms with van der Waals surface area (Å²) < 4.78 is 27.9. The standard InChI is InChI=1S/C20H18O5/c1-21-15-7-3-13(4-8-15)17-11-23-20-18(12-24-19(17)25-20)14-5-9-16(22-2)10-6-14/h3-12,19-20H,1-2H3/t19-,20-/m1/s1. The van der Waals surface area contributed by atoms with Crippen LogP contribution in [0.25, 0.3) is 11.1 Å². The molecule has 0 radical (unpaired) electrons. The van der Waals surface area contributed by atoms with Crippen LogP contribution in [0.2, 0.25) is 0 Å². The zero-order chi connectivity index (χ0) is 17.2. The number of methoxy groups -OCH3 is 2. The van der Waals surface area contributed by atoms with Gasteiger partial charge in [-0.15, -0.1) is 0 Å². The summed E-state index contributed by atoms with van der Waals surface area (Å²) in [7, 11) is 3.28. The predicted molar refractivity (Wildman–Crippen MR) is 92.8 cm³/mol. The lowest BCUT2D eigenvalue weighted by Gasteiger charge is -2.35. The Morgan fingerprint density at radius 2 is 1.04 bits per heavy atom.